The van der Waals surface area contributed by atoms with Crippen LogP contribution in [0.1, 0.15) is 19.3 Å². The molecule has 2 saturated heterocycles. The average Bonchev–Trinajstić information content (AvgIpc) is 3.06. The van der Waals surface area contributed by atoms with Gasteiger partial charge < -0.3 is 10.1 Å². The van der Waals surface area contributed by atoms with Gasteiger partial charge in [-0.15, -0.1) is 0 Å². The second-order valence-electron chi connectivity index (χ2n) is 5.20. The van der Waals surface area contributed by atoms with E-state index in [4.69, 9.17) is 4.74 Å². The normalized spacial score (nSPS) is 26.5. The second kappa shape index (κ2) is 5.73. The first-order chi connectivity index (χ1) is 9.75. The van der Waals surface area contributed by atoms with Crippen molar-refractivity contribution >= 4 is 17.5 Å². The molecule has 0 aliphatic carbocycles. The number of imide groups is 1. The van der Waals surface area contributed by atoms with Crippen molar-refractivity contribution in [1.29, 1.82) is 0 Å². The van der Waals surface area contributed by atoms with Crippen LogP contribution < -0.4 is 10.2 Å². The number of hydrogen-bond acceptors (Lipinski definition) is 4. The predicted octanol–water partition coefficient (Wildman–Crippen LogP) is 1.09. The Kier molecular flexibility index (Phi) is 3.80. The molecule has 2 aliphatic rings. The third-order valence-electron chi connectivity index (χ3n) is 3.78. The van der Waals surface area contributed by atoms with Gasteiger partial charge in [-0.05, 0) is 25.0 Å². The van der Waals surface area contributed by atoms with Gasteiger partial charge in [-0.1, -0.05) is 18.2 Å². The van der Waals surface area contributed by atoms with Crippen molar-refractivity contribution in [3.05, 3.63) is 30.3 Å². The molecule has 2 unspecified atom stereocenters. The van der Waals surface area contributed by atoms with E-state index in [1.807, 2.05) is 18.2 Å². The minimum Gasteiger partial charge on any atom is -0.377 e. The van der Waals surface area contributed by atoms with E-state index in [2.05, 4.69) is 5.32 Å². The number of ether oxygens (including phenoxy) is 1. The summed E-state index contributed by atoms with van der Waals surface area (Å²) in [6.45, 7) is 1.42. The van der Waals surface area contributed by atoms with Crippen molar-refractivity contribution in [2.75, 3.05) is 18.1 Å². The van der Waals surface area contributed by atoms with Crippen LogP contribution in [-0.4, -0.2) is 37.1 Å². The van der Waals surface area contributed by atoms with Crippen molar-refractivity contribution in [2.24, 2.45) is 0 Å². The maximum absolute atomic E-state index is 12.3. The molecule has 2 amide bonds. The van der Waals surface area contributed by atoms with Crippen LogP contribution in [0, 0.1) is 0 Å². The number of hydrogen-bond donors (Lipinski definition) is 1. The van der Waals surface area contributed by atoms with Crippen molar-refractivity contribution in [1.82, 2.24) is 5.32 Å². The summed E-state index contributed by atoms with van der Waals surface area (Å²) >= 11 is 0. The van der Waals surface area contributed by atoms with E-state index in [-0.39, 0.29) is 24.3 Å². The van der Waals surface area contributed by atoms with Crippen LogP contribution in [0.4, 0.5) is 5.69 Å². The van der Waals surface area contributed by atoms with E-state index >= 15 is 0 Å². The SMILES string of the molecule is O=C1CC(NCC2CCCO2)C(=O)N1c1ccccc1. The highest BCUT2D eigenvalue weighted by Gasteiger charge is 2.39. The van der Waals surface area contributed by atoms with Gasteiger partial charge in [0.2, 0.25) is 5.91 Å². The van der Waals surface area contributed by atoms with E-state index in [9.17, 15) is 9.59 Å². The minimum atomic E-state index is -0.424. The standard InChI is InChI=1S/C15H18N2O3/c18-14-9-13(16-10-12-7-4-8-20-12)15(19)17(14)11-5-2-1-3-6-11/h1-3,5-6,12-13,16H,4,7-10H2. The Morgan fingerprint density at radius 2 is 2.05 bits per heavy atom. The molecule has 0 aromatic heterocycles. The van der Waals surface area contributed by atoms with Gasteiger partial charge in [-0.3, -0.25) is 9.59 Å². The number of benzene rings is 1. The summed E-state index contributed by atoms with van der Waals surface area (Å²) in [5, 5.41) is 3.17. The maximum atomic E-state index is 12.3. The topological polar surface area (TPSA) is 58.6 Å². The lowest BCUT2D eigenvalue weighted by molar-refractivity contribution is -0.121. The van der Waals surface area contributed by atoms with E-state index in [1.54, 1.807) is 12.1 Å². The van der Waals surface area contributed by atoms with Crippen molar-refractivity contribution < 1.29 is 14.3 Å². The minimum absolute atomic E-state index is 0.147. The highest BCUT2D eigenvalue weighted by molar-refractivity contribution is 6.22. The van der Waals surface area contributed by atoms with Crippen LogP contribution in [-0.2, 0) is 14.3 Å². The third-order valence-corrected chi connectivity index (χ3v) is 3.78. The number of carbonyl (C=O) groups is 2. The zero-order chi connectivity index (χ0) is 13.9. The number of anilines is 1. The Morgan fingerprint density at radius 1 is 1.25 bits per heavy atom. The highest BCUT2D eigenvalue weighted by Crippen LogP contribution is 2.22. The predicted molar refractivity (Wildman–Crippen MR) is 74.3 cm³/mol. The molecule has 1 N–H and O–H groups in total. The number of para-hydroxylation sites is 1. The zero-order valence-electron chi connectivity index (χ0n) is 11.2. The second-order valence-corrected chi connectivity index (χ2v) is 5.20. The summed E-state index contributed by atoms with van der Waals surface area (Å²) in [4.78, 5) is 25.6. The molecule has 5 nitrogen and oxygen atoms in total. The average molecular weight is 274 g/mol. The molecule has 0 radical (unpaired) electrons. The molecule has 2 fully saturated rings. The first-order valence-corrected chi connectivity index (χ1v) is 7.02. The lowest BCUT2D eigenvalue weighted by Gasteiger charge is -2.16. The number of nitrogens with one attached hydrogen (secondary N) is 1. The van der Waals surface area contributed by atoms with Gasteiger partial charge in [0.1, 0.15) is 0 Å². The molecule has 2 aliphatic heterocycles. The van der Waals surface area contributed by atoms with Crippen molar-refractivity contribution in [3.8, 4) is 0 Å². The Hall–Kier alpha value is -1.72. The van der Waals surface area contributed by atoms with Gasteiger partial charge in [0.05, 0.1) is 24.3 Å². The lowest BCUT2D eigenvalue weighted by atomic mass is 10.2. The Balaban J connectivity index is 1.64. The molecule has 2 heterocycles. The van der Waals surface area contributed by atoms with E-state index in [1.165, 1.54) is 4.90 Å². The van der Waals surface area contributed by atoms with Crippen LogP contribution >= 0.6 is 0 Å². The fourth-order valence-electron chi connectivity index (χ4n) is 2.72. The molecule has 106 valence electrons. The molecule has 1 aromatic carbocycles. The molecule has 1 aromatic rings. The zero-order valence-corrected chi connectivity index (χ0v) is 11.2. The Labute approximate surface area is 117 Å². The number of amides is 2. The van der Waals surface area contributed by atoms with Crippen LogP contribution in [0.5, 0.6) is 0 Å². The highest BCUT2D eigenvalue weighted by atomic mass is 16.5. The quantitative estimate of drug-likeness (QED) is 0.835. The summed E-state index contributed by atoms with van der Waals surface area (Å²) < 4.78 is 5.51. The summed E-state index contributed by atoms with van der Waals surface area (Å²) in [7, 11) is 0. The fraction of sp³-hybridized carbons (Fsp3) is 0.467. The van der Waals surface area contributed by atoms with Crippen LogP contribution in [0.15, 0.2) is 30.3 Å². The summed E-state index contributed by atoms with van der Waals surface area (Å²) in [5.74, 6) is -0.315. The molecule has 2 atom stereocenters. The van der Waals surface area contributed by atoms with Gasteiger partial charge in [-0.2, -0.15) is 0 Å². The first-order valence-electron chi connectivity index (χ1n) is 7.02. The van der Waals surface area contributed by atoms with E-state index in [0.717, 1.165) is 19.4 Å². The van der Waals surface area contributed by atoms with Gasteiger partial charge in [0.15, 0.2) is 0 Å². The maximum Gasteiger partial charge on any atom is 0.251 e. The molecule has 0 bridgehead atoms. The molecule has 5 heteroatoms. The van der Waals surface area contributed by atoms with Crippen LogP contribution in [0.2, 0.25) is 0 Å². The number of carbonyl (C=O) groups excluding carboxylic acids is 2. The molecular weight excluding hydrogens is 256 g/mol. The fourth-order valence-corrected chi connectivity index (χ4v) is 2.72. The molecule has 0 saturated carbocycles. The van der Waals surface area contributed by atoms with Gasteiger partial charge in [-0.25, -0.2) is 4.90 Å². The number of rotatable bonds is 4. The van der Waals surface area contributed by atoms with Gasteiger partial charge >= 0.3 is 0 Å². The van der Waals surface area contributed by atoms with Gasteiger partial charge in [0.25, 0.3) is 5.91 Å². The van der Waals surface area contributed by atoms with Crippen LogP contribution in [0.3, 0.4) is 0 Å². The molecular formula is C15H18N2O3. The monoisotopic (exact) mass is 274 g/mol. The summed E-state index contributed by atoms with van der Waals surface area (Å²) in [6, 6.07) is 8.64. The molecule has 0 spiro atoms. The van der Waals surface area contributed by atoms with Crippen LogP contribution in [0.25, 0.3) is 0 Å². The largest absolute Gasteiger partial charge is 0.377 e. The summed E-state index contributed by atoms with van der Waals surface area (Å²) in [6.07, 6.45) is 2.48. The van der Waals surface area contributed by atoms with E-state index in [0.29, 0.717) is 12.2 Å². The van der Waals surface area contributed by atoms with Crippen molar-refractivity contribution in [3.63, 3.8) is 0 Å². The Bertz CT molecular complexity index is 497. The smallest absolute Gasteiger partial charge is 0.251 e. The van der Waals surface area contributed by atoms with E-state index < -0.39 is 6.04 Å². The number of nitrogens with zero attached hydrogens (tertiary/aromatic N) is 1. The Morgan fingerprint density at radius 3 is 2.75 bits per heavy atom. The van der Waals surface area contributed by atoms with Crippen molar-refractivity contribution in [2.45, 2.75) is 31.4 Å². The third kappa shape index (κ3) is 2.59. The lowest BCUT2D eigenvalue weighted by Crippen LogP contribution is -2.41. The summed E-state index contributed by atoms with van der Waals surface area (Å²) in [5.41, 5.74) is 0.643. The first kappa shape index (κ1) is 13.3. The van der Waals surface area contributed by atoms with Gasteiger partial charge in [0, 0.05) is 13.2 Å². The molecule has 20 heavy (non-hydrogen) atoms. The molecule has 3 rings (SSSR count).